The number of hydrogen-bond acceptors (Lipinski definition) is 3. The number of benzene rings is 2. The van der Waals surface area contributed by atoms with Gasteiger partial charge in [0.25, 0.3) is 0 Å². The standard InChI is InChI=1S/C18H21ClN2O/c19-17-7-5-14(6-8-17)13-22-18-4-2-1-3-16(18)12-21-11-15-9-20-10-15/h1-8,15,20-21H,9-13H2. The van der Waals surface area contributed by atoms with Crippen LogP contribution in [0.25, 0.3) is 0 Å². The molecule has 2 N–H and O–H groups in total. The maximum Gasteiger partial charge on any atom is 0.124 e. The quantitative estimate of drug-likeness (QED) is 0.823. The van der Waals surface area contributed by atoms with Gasteiger partial charge in [0, 0.05) is 36.8 Å². The van der Waals surface area contributed by atoms with Crippen molar-refractivity contribution in [2.75, 3.05) is 19.6 Å². The molecule has 116 valence electrons. The van der Waals surface area contributed by atoms with Crippen molar-refractivity contribution in [2.24, 2.45) is 5.92 Å². The van der Waals surface area contributed by atoms with Gasteiger partial charge in [0.1, 0.15) is 12.4 Å². The minimum absolute atomic E-state index is 0.556. The maximum atomic E-state index is 5.97. The molecular weight excluding hydrogens is 296 g/mol. The Kier molecular flexibility index (Phi) is 5.33. The van der Waals surface area contributed by atoms with Gasteiger partial charge in [-0.3, -0.25) is 0 Å². The van der Waals surface area contributed by atoms with Crippen LogP contribution in [0.5, 0.6) is 5.75 Å². The monoisotopic (exact) mass is 316 g/mol. The molecule has 22 heavy (non-hydrogen) atoms. The highest BCUT2D eigenvalue weighted by Gasteiger charge is 2.15. The summed E-state index contributed by atoms with van der Waals surface area (Å²) in [5, 5.41) is 7.55. The number of nitrogens with one attached hydrogen (secondary N) is 2. The van der Waals surface area contributed by atoms with Gasteiger partial charge in [-0.1, -0.05) is 41.9 Å². The van der Waals surface area contributed by atoms with Crippen molar-refractivity contribution in [3.63, 3.8) is 0 Å². The van der Waals surface area contributed by atoms with Crippen LogP contribution in [0.2, 0.25) is 5.02 Å². The van der Waals surface area contributed by atoms with Gasteiger partial charge in [0.15, 0.2) is 0 Å². The second-order valence-electron chi connectivity index (χ2n) is 5.68. The van der Waals surface area contributed by atoms with Crippen LogP contribution in [0.1, 0.15) is 11.1 Å². The van der Waals surface area contributed by atoms with Crippen LogP contribution in [-0.4, -0.2) is 19.6 Å². The van der Waals surface area contributed by atoms with Crippen LogP contribution in [0.15, 0.2) is 48.5 Å². The summed E-state index contributed by atoms with van der Waals surface area (Å²) in [7, 11) is 0. The molecule has 1 saturated heterocycles. The molecule has 1 aliphatic rings. The Morgan fingerprint density at radius 3 is 2.59 bits per heavy atom. The normalized spacial score (nSPS) is 14.6. The van der Waals surface area contributed by atoms with E-state index in [0.29, 0.717) is 6.61 Å². The van der Waals surface area contributed by atoms with Gasteiger partial charge in [-0.05, 0) is 29.7 Å². The summed E-state index contributed by atoms with van der Waals surface area (Å²) < 4.78 is 5.97. The van der Waals surface area contributed by atoms with Crippen molar-refractivity contribution in [1.82, 2.24) is 10.6 Å². The van der Waals surface area contributed by atoms with Crippen LogP contribution in [0, 0.1) is 5.92 Å². The molecule has 4 heteroatoms. The summed E-state index contributed by atoms with van der Waals surface area (Å²) in [6, 6.07) is 16.0. The first-order valence-corrected chi connectivity index (χ1v) is 8.05. The van der Waals surface area contributed by atoms with E-state index < -0.39 is 0 Å². The second kappa shape index (κ2) is 7.63. The van der Waals surface area contributed by atoms with Gasteiger partial charge in [-0.15, -0.1) is 0 Å². The number of rotatable bonds is 7. The Labute approximate surface area is 136 Å². The second-order valence-corrected chi connectivity index (χ2v) is 6.11. The van der Waals surface area contributed by atoms with Gasteiger partial charge in [-0.25, -0.2) is 0 Å². The van der Waals surface area contributed by atoms with Gasteiger partial charge < -0.3 is 15.4 Å². The van der Waals surface area contributed by atoms with E-state index in [-0.39, 0.29) is 0 Å². The molecule has 0 atom stereocenters. The molecule has 3 nitrogen and oxygen atoms in total. The highest BCUT2D eigenvalue weighted by atomic mass is 35.5. The summed E-state index contributed by atoms with van der Waals surface area (Å²) in [6.07, 6.45) is 0. The van der Waals surface area contributed by atoms with E-state index in [1.165, 1.54) is 5.56 Å². The van der Waals surface area contributed by atoms with Crippen molar-refractivity contribution < 1.29 is 4.74 Å². The molecule has 0 spiro atoms. The lowest BCUT2D eigenvalue weighted by Gasteiger charge is -2.27. The molecule has 0 radical (unpaired) electrons. The van der Waals surface area contributed by atoms with E-state index in [2.05, 4.69) is 22.8 Å². The lowest BCUT2D eigenvalue weighted by Crippen LogP contribution is -2.47. The zero-order chi connectivity index (χ0) is 15.2. The minimum atomic E-state index is 0.556. The maximum absolute atomic E-state index is 5.97. The molecule has 2 aromatic carbocycles. The Bertz CT molecular complexity index is 596. The molecular formula is C18H21ClN2O. The van der Waals surface area contributed by atoms with Crippen molar-refractivity contribution in [3.05, 3.63) is 64.7 Å². The predicted octanol–water partition coefficient (Wildman–Crippen LogP) is 3.23. The van der Waals surface area contributed by atoms with E-state index in [1.807, 2.05) is 36.4 Å². The highest BCUT2D eigenvalue weighted by Crippen LogP contribution is 2.20. The first-order valence-electron chi connectivity index (χ1n) is 7.68. The summed E-state index contributed by atoms with van der Waals surface area (Å²) in [5.74, 6) is 1.71. The average Bonchev–Trinajstić information content (AvgIpc) is 2.50. The molecule has 0 aliphatic carbocycles. The first-order chi connectivity index (χ1) is 10.8. The zero-order valence-electron chi connectivity index (χ0n) is 12.5. The van der Waals surface area contributed by atoms with E-state index in [1.54, 1.807) is 0 Å². The van der Waals surface area contributed by atoms with Crippen LogP contribution in [0.3, 0.4) is 0 Å². The number of para-hydroxylation sites is 1. The third-order valence-electron chi connectivity index (χ3n) is 3.89. The molecule has 2 aromatic rings. The van der Waals surface area contributed by atoms with Crippen molar-refractivity contribution in [1.29, 1.82) is 0 Å². The molecule has 0 amide bonds. The zero-order valence-corrected chi connectivity index (χ0v) is 13.3. The molecule has 1 heterocycles. The van der Waals surface area contributed by atoms with Crippen LogP contribution < -0.4 is 15.4 Å². The van der Waals surface area contributed by atoms with Crippen LogP contribution in [0.4, 0.5) is 0 Å². The molecule has 0 unspecified atom stereocenters. The van der Waals surface area contributed by atoms with Gasteiger partial charge in [0.2, 0.25) is 0 Å². The lowest BCUT2D eigenvalue weighted by atomic mass is 10.0. The summed E-state index contributed by atoms with van der Waals surface area (Å²) in [5.41, 5.74) is 2.32. The molecule has 0 bridgehead atoms. The molecule has 3 rings (SSSR count). The van der Waals surface area contributed by atoms with E-state index >= 15 is 0 Å². The van der Waals surface area contributed by atoms with Crippen molar-refractivity contribution >= 4 is 11.6 Å². The summed E-state index contributed by atoms with van der Waals surface area (Å²) in [4.78, 5) is 0. The van der Waals surface area contributed by atoms with Gasteiger partial charge in [0.05, 0.1) is 0 Å². The van der Waals surface area contributed by atoms with E-state index in [0.717, 1.165) is 48.4 Å². The van der Waals surface area contributed by atoms with Gasteiger partial charge >= 0.3 is 0 Å². The molecule has 1 fully saturated rings. The van der Waals surface area contributed by atoms with Crippen molar-refractivity contribution in [3.8, 4) is 5.75 Å². The molecule has 1 aliphatic heterocycles. The third kappa shape index (κ3) is 4.23. The van der Waals surface area contributed by atoms with Crippen LogP contribution >= 0.6 is 11.6 Å². The lowest BCUT2D eigenvalue weighted by molar-refractivity contribution is 0.299. The fourth-order valence-electron chi connectivity index (χ4n) is 2.44. The Morgan fingerprint density at radius 1 is 1.09 bits per heavy atom. The Morgan fingerprint density at radius 2 is 1.86 bits per heavy atom. The number of hydrogen-bond donors (Lipinski definition) is 2. The number of halogens is 1. The average molecular weight is 317 g/mol. The van der Waals surface area contributed by atoms with E-state index in [9.17, 15) is 0 Å². The predicted molar refractivity (Wildman–Crippen MR) is 90.3 cm³/mol. The SMILES string of the molecule is Clc1ccc(COc2ccccc2CNCC2CNC2)cc1. The largest absolute Gasteiger partial charge is 0.489 e. The fraction of sp³-hybridized carbons (Fsp3) is 0.333. The smallest absolute Gasteiger partial charge is 0.124 e. The topological polar surface area (TPSA) is 33.3 Å². The number of ether oxygens (including phenoxy) is 1. The summed E-state index contributed by atoms with van der Waals surface area (Å²) in [6.45, 7) is 4.70. The fourth-order valence-corrected chi connectivity index (χ4v) is 2.56. The van der Waals surface area contributed by atoms with Crippen LogP contribution in [-0.2, 0) is 13.2 Å². The summed E-state index contributed by atoms with van der Waals surface area (Å²) >= 11 is 5.90. The third-order valence-corrected chi connectivity index (χ3v) is 4.15. The van der Waals surface area contributed by atoms with Crippen molar-refractivity contribution in [2.45, 2.75) is 13.2 Å². The van der Waals surface area contributed by atoms with E-state index in [4.69, 9.17) is 16.3 Å². The molecule has 0 saturated carbocycles. The first kappa shape index (κ1) is 15.3. The Hall–Kier alpha value is -1.55. The molecule has 0 aromatic heterocycles. The van der Waals surface area contributed by atoms with Gasteiger partial charge in [-0.2, -0.15) is 0 Å². The minimum Gasteiger partial charge on any atom is -0.489 e. The highest BCUT2D eigenvalue weighted by molar-refractivity contribution is 6.30. The Balaban J connectivity index is 1.54.